The first-order valence-electron chi connectivity index (χ1n) is 7.66. The molecule has 0 unspecified atom stereocenters. The molecule has 0 radical (unpaired) electrons. The van der Waals surface area contributed by atoms with Crippen molar-refractivity contribution in [1.29, 1.82) is 0 Å². The van der Waals surface area contributed by atoms with Crippen molar-refractivity contribution >= 4 is 6.29 Å². The van der Waals surface area contributed by atoms with Gasteiger partial charge in [0.2, 0.25) is 0 Å². The number of nitrogens with zero attached hydrogens (tertiary/aromatic N) is 4. The molecule has 2 aromatic heterocycles. The van der Waals surface area contributed by atoms with Crippen molar-refractivity contribution in [3.63, 3.8) is 0 Å². The van der Waals surface area contributed by atoms with Crippen LogP contribution in [0.4, 0.5) is 0 Å². The minimum absolute atomic E-state index is 0.434. The molecule has 112 valence electrons. The van der Waals surface area contributed by atoms with E-state index in [1.165, 1.54) is 19.3 Å². The number of carbonyl (C=O) groups excluding carboxylic acids is 1. The molecule has 5 heteroatoms. The van der Waals surface area contributed by atoms with E-state index in [0.29, 0.717) is 11.6 Å². The summed E-state index contributed by atoms with van der Waals surface area (Å²) in [5.74, 6) is 0. The van der Waals surface area contributed by atoms with E-state index in [-0.39, 0.29) is 0 Å². The standard InChI is InChI=1S/C16H22N4O/c1-11-15(12(2)19(3)17-11)16-13(10-21)9-20(18-16)14-7-5-4-6-8-14/h9-10,14H,4-8H2,1-3H3. The summed E-state index contributed by atoms with van der Waals surface area (Å²) in [5.41, 5.74) is 4.41. The Kier molecular flexibility index (Phi) is 3.66. The minimum Gasteiger partial charge on any atom is -0.298 e. The number of hydrogen-bond acceptors (Lipinski definition) is 3. The summed E-state index contributed by atoms with van der Waals surface area (Å²) in [4.78, 5) is 11.4. The molecule has 0 atom stereocenters. The van der Waals surface area contributed by atoms with Crippen LogP contribution in [0.2, 0.25) is 0 Å². The zero-order valence-electron chi connectivity index (χ0n) is 13.0. The molecule has 2 aromatic rings. The Hall–Kier alpha value is -1.91. The van der Waals surface area contributed by atoms with Crippen molar-refractivity contribution in [2.75, 3.05) is 0 Å². The summed E-state index contributed by atoms with van der Waals surface area (Å²) < 4.78 is 3.85. The molecule has 0 bridgehead atoms. The second-order valence-electron chi connectivity index (χ2n) is 5.99. The molecule has 0 aromatic carbocycles. The van der Waals surface area contributed by atoms with Crippen LogP contribution in [-0.2, 0) is 7.05 Å². The molecule has 0 aliphatic heterocycles. The summed E-state index contributed by atoms with van der Waals surface area (Å²) in [6.07, 6.45) is 8.95. The number of aromatic nitrogens is 4. The van der Waals surface area contributed by atoms with E-state index < -0.39 is 0 Å². The highest BCUT2D eigenvalue weighted by Gasteiger charge is 2.22. The van der Waals surface area contributed by atoms with Gasteiger partial charge in [0, 0.05) is 24.5 Å². The van der Waals surface area contributed by atoms with Crippen molar-refractivity contribution in [1.82, 2.24) is 19.6 Å². The average molecular weight is 286 g/mol. The molecular weight excluding hydrogens is 264 g/mol. The lowest BCUT2D eigenvalue weighted by Crippen LogP contribution is -2.13. The van der Waals surface area contributed by atoms with E-state index in [1.807, 2.05) is 36.5 Å². The topological polar surface area (TPSA) is 52.7 Å². The first kappa shape index (κ1) is 14.0. The molecule has 1 saturated carbocycles. The third-order valence-electron chi connectivity index (χ3n) is 4.58. The number of rotatable bonds is 3. The Balaban J connectivity index is 2.05. The van der Waals surface area contributed by atoms with E-state index in [9.17, 15) is 4.79 Å². The van der Waals surface area contributed by atoms with E-state index in [0.717, 1.165) is 41.8 Å². The van der Waals surface area contributed by atoms with E-state index in [2.05, 4.69) is 5.10 Å². The van der Waals surface area contributed by atoms with Crippen LogP contribution >= 0.6 is 0 Å². The van der Waals surface area contributed by atoms with Crippen LogP contribution in [0.15, 0.2) is 6.20 Å². The first-order chi connectivity index (χ1) is 10.1. The second kappa shape index (κ2) is 5.47. The van der Waals surface area contributed by atoms with Crippen LogP contribution in [0, 0.1) is 13.8 Å². The second-order valence-corrected chi connectivity index (χ2v) is 5.99. The Morgan fingerprint density at radius 3 is 2.48 bits per heavy atom. The highest BCUT2D eigenvalue weighted by Crippen LogP contribution is 2.32. The highest BCUT2D eigenvalue weighted by atomic mass is 16.1. The third kappa shape index (κ3) is 2.41. The highest BCUT2D eigenvalue weighted by molar-refractivity contribution is 5.86. The number of aldehydes is 1. The summed E-state index contributed by atoms with van der Waals surface area (Å²) in [6, 6.07) is 0.434. The molecule has 21 heavy (non-hydrogen) atoms. The number of hydrogen-bond donors (Lipinski definition) is 0. The lowest BCUT2D eigenvalue weighted by atomic mass is 9.96. The molecule has 1 aliphatic carbocycles. The van der Waals surface area contributed by atoms with Crippen LogP contribution in [0.25, 0.3) is 11.3 Å². The van der Waals surface area contributed by atoms with Gasteiger partial charge >= 0.3 is 0 Å². The average Bonchev–Trinajstić information content (AvgIpc) is 3.01. The molecule has 0 amide bonds. The maximum atomic E-state index is 11.4. The van der Waals surface area contributed by atoms with Crippen LogP contribution in [0.5, 0.6) is 0 Å². The normalized spacial score (nSPS) is 16.3. The molecule has 0 spiro atoms. The Labute approximate surface area is 125 Å². The van der Waals surface area contributed by atoms with Gasteiger partial charge in [0.1, 0.15) is 5.69 Å². The van der Waals surface area contributed by atoms with Crippen molar-refractivity contribution < 1.29 is 4.79 Å². The summed E-state index contributed by atoms with van der Waals surface area (Å²) in [6.45, 7) is 3.99. The van der Waals surface area contributed by atoms with Gasteiger partial charge in [0.25, 0.3) is 0 Å². The summed E-state index contributed by atoms with van der Waals surface area (Å²) in [5, 5.41) is 9.18. The van der Waals surface area contributed by atoms with Crippen molar-refractivity contribution in [2.45, 2.75) is 52.0 Å². The maximum absolute atomic E-state index is 11.4. The molecular formula is C16H22N4O. The summed E-state index contributed by atoms with van der Waals surface area (Å²) in [7, 11) is 1.92. The SMILES string of the molecule is Cc1nn(C)c(C)c1-c1nn(C2CCCCC2)cc1C=O. The van der Waals surface area contributed by atoms with Gasteiger partial charge < -0.3 is 0 Å². The van der Waals surface area contributed by atoms with Crippen molar-refractivity contribution in [2.24, 2.45) is 7.05 Å². The quantitative estimate of drug-likeness (QED) is 0.814. The van der Waals surface area contributed by atoms with Gasteiger partial charge in [-0.25, -0.2) is 0 Å². The molecule has 5 nitrogen and oxygen atoms in total. The maximum Gasteiger partial charge on any atom is 0.153 e. The molecule has 1 fully saturated rings. The Morgan fingerprint density at radius 2 is 1.90 bits per heavy atom. The zero-order chi connectivity index (χ0) is 15.0. The lowest BCUT2D eigenvalue weighted by Gasteiger charge is -2.21. The predicted molar refractivity (Wildman–Crippen MR) is 81.4 cm³/mol. The Bertz CT molecular complexity index is 662. The van der Waals surface area contributed by atoms with Gasteiger partial charge in [0.05, 0.1) is 17.3 Å². The van der Waals surface area contributed by atoms with Gasteiger partial charge in [-0.15, -0.1) is 0 Å². The van der Waals surface area contributed by atoms with Gasteiger partial charge in [-0.3, -0.25) is 14.2 Å². The van der Waals surface area contributed by atoms with Gasteiger partial charge in [-0.1, -0.05) is 19.3 Å². The fourth-order valence-corrected chi connectivity index (χ4v) is 3.34. The minimum atomic E-state index is 0.434. The number of carbonyl (C=O) groups is 1. The largest absolute Gasteiger partial charge is 0.298 e. The zero-order valence-corrected chi connectivity index (χ0v) is 13.0. The lowest BCUT2D eigenvalue weighted by molar-refractivity contribution is 0.112. The van der Waals surface area contributed by atoms with Crippen LogP contribution in [-0.4, -0.2) is 25.8 Å². The van der Waals surface area contributed by atoms with Crippen molar-refractivity contribution in [3.8, 4) is 11.3 Å². The van der Waals surface area contributed by atoms with Crippen LogP contribution in [0.3, 0.4) is 0 Å². The molecule has 2 heterocycles. The van der Waals surface area contributed by atoms with Gasteiger partial charge in [0.15, 0.2) is 6.29 Å². The molecule has 3 rings (SSSR count). The number of aryl methyl sites for hydroxylation is 2. The fourth-order valence-electron chi connectivity index (χ4n) is 3.34. The first-order valence-corrected chi connectivity index (χ1v) is 7.66. The third-order valence-corrected chi connectivity index (χ3v) is 4.58. The van der Waals surface area contributed by atoms with Crippen LogP contribution < -0.4 is 0 Å². The smallest absolute Gasteiger partial charge is 0.153 e. The van der Waals surface area contributed by atoms with Crippen LogP contribution in [0.1, 0.15) is 59.9 Å². The fraction of sp³-hybridized carbons (Fsp3) is 0.562. The summed E-state index contributed by atoms with van der Waals surface area (Å²) >= 11 is 0. The Morgan fingerprint density at radius 1 is 1.19 bits per heavy atom. The predicted octanol–water partition coefficient (Wildman–Crippen LogP) is 3.22. The molecule has 0 saturated heterocycles. The van der Waals surface area contributed by atoms with E-state index >= 15 is 0 Å². The van der Waals surface area contributed by atoms with E-state index in [4.69, 9.17) is 5.10 Å². The van der Waals surface area contributed by atoms with Gasteiger partial charge in [-0.2, -0.15) is 10.2 Å². The van der Waals surface area contributed by atoms with Gasteiger partial charge in [-0.05, 0) is 26.7 Å². The molecule has 1 aliphatic rings. The van der Waals surface area contributed by atoms with E-state index in [1.54, 1.807) is 0 Å². The monoisotopic (exact) mass is 286 g/mol. The molecule has 0 N–H and O–H groups in total. The van der Waals surface area contributed by atoms with Crippen molar-refractivity contribution in [3.05, 3.63) is 23.1 Å².